The van der Waals surface area contributed by atoms with Gasteiger partial charge in [0.2, 0.25) is 11.8 Å². The highest BCUT2D eigenvalue weighted by Gasteiger charge is 2.71. The van der Waals surface area contributed by atoms with Gasteiger partial charge < -0.3 is 4.90 Å². The number of rotatable bonds is 4. The van der Waals surface area contributed by atoms with Gasteiger partial charge >= 0.3 is 0 Å². The van der Waals surface area contributed by atoms with Crippen LogP contribution in [0.4, 0.5) is 11.4 Å². The van der Waals surface area contributed by atoms with E-state index in [1.807, 2.05) is 31.2 Å². The topological polar surface area (TPSA) is 69.7 Å². The van der Waals surface area contributed by atoms with Gasteiger partial charge in [0.1, 0.15) is 5.54 Å². The van der Waals surface area contributed by atoms with Gasteiger partial charge in [-0.15, -0.1) is 6.58 Å². The van der Waals surface area contributed by atoms with Crippen molar-refractivity contribution in [3.63, 3.8) is 0 Å². The molecule has 2 fully saturated rings. The molecule has 158 valence electrons. The van der Waals surface area contributed by atoms with Crippen molar-refractivity contribution >= 4 is 40.7 Å². The van der Waals surface area contributed by atoms with Gasteiger partial charge in [-0.05, 0) is 36.8 Å². The molecule has 3 aliphatic heterocycles. The number of hydrogen-bond donors (Lipinski definition) is 1. The summed E-state index contributed by atoms with van der Waals surface area (Å²) >= 11 is 6.00. The summed E-state index contributed by atoms with van der Waals surface area (Å²) in [6, 6.07) is 13.8. The fraction of sp³-hybridized carbons (Fsp3) is 0.292. The zero-order valence-electron chi connectivity index (χ0n) is 17.0. The van der Waals surface area contributed by atoms with Crippen LogP contribution in [0, 0.1) is 11.8 Å². The largest absolute Gasteiger partial charge is 0.306 e. The summed E-state index contributed by atoms with van der Waals surface area (Å²) in [6.45, 7) is 6.07. The molecule has 3 amide bonds. The SMILES string of the molecule is C=CCN1C(=O)[C@]2(N[C@H](CC)[C@@H]3C(=O)N(c4ccc(Cl)cc4)C(=O)[C@H]32)c2ccccc21. The molecule has 0 unspecified atom stereocenters. The lowest BCUT2D eigenvalue weighted by Gasteiger charge is -2.30. The number of carbonyl (C=O) groups excluding carboxylic acids is 3. The molecule has 0 aliphatic carbocycles. The second-order valence-corrected chi connectivity index (χ2v) is 8.62. The molecular formula is C24H22ClN3O3. The van der Waals surface area contributed by atoms with E-state index >= 15 is 0 Å². The fourth-order valence-corrected chi connectivity index (χ4v) is 5.58. The van der Waals surface area contributed by atoms with Gasteiger partial charge in [0.25, 0.3) is 5.91 Å². The van der Waals surface area contributed by atoms with Crippen molar-refractivity contribution in [2.75, 3.05) is 16.3 Å². The molecular weight excluding hydrogens is 414 g/mol. The Morgan fingerprint density at radius 1 is 1.10 bits per heavy atom. The third kappa shape index (κ3) is 2.52. The van der Waals surface area contributed by atoms with Gasteiger partial charge in [0.05, 0.1) is 17.5 Å². The average molecular weight is 436 g/mol. The van der Waals surface area contributed by atoms with E-state index in [2.05, 4.69) is 11.9 Å². The first-order valence-corrected chi connectivity index (χ1v) is 10.8. The van der Waals surface area contributed by atoms with E-state index in [0.29, 0.717) is 23.7 Å². The predicted octanol–water partition coefficient (Wildman–Crippen LogP) is 3.26. The van der Waals surface area contributed by atoms with E-state index in [-0.39, 0.29) is 23.8 Å². The minimum absolute atomic E-state index is 0.210. The van der Waals surface area contributed by atoms with Gasteiger partial charge in [-0.25, -0.2) is 4.90 Å². The van der Waals surface area contributed by atoms with Crippen molar-refractivity contribution in [1.82, 2.24) is 5.32 Å². The van der Waals surface area contributed by atoms with Crippen LogP contribution in [0.3, 0.4) is 0 Å². The Labute approximate surface area is 185 Å². The maximum absolute atomic E-state index is 13.8. The Bertz CT molecular complexity index is 1120. The second-order valence-electron chi connectivity index (χ2n) is 8.18. The lowest BCUT2D eigenvalue weighted by atomic mass is 9.76. The lowest BCUT2D eigenvalue weighted by molar-refractivity contribution is -0.132. The third-order valence-electron chi connectivity index (χ3n) is 6.70. The van der Waals surface area contributed by atoms with Crippen molar-refractivity contribution < 1.29 is 14.4 Å². The fourth-order valence-electron chi connectivity index (χ4n) is 5.45. The lowest BCUT2D eigenvalue weighted by Crippen LogP contribution is -2.55. The number of nitrogens with one attached hydrogen (secondary N) is 1. The summed E-state index contributed by atoms with van der Waals surface area (Å²) in [5, 5.41) is 3.96. The summed E-state index contributed by atoms with van der Waals surface area (Å²) < 4.78 is 0. The first-order chi connectivity index (χ1) is 15.0. The molecule has 0 saturated carbocycles. The quantitative estimate of drug-likeness (QED) is 0.591. The monoisotopic (exact) mass is 435 g/mol. The zero-order valence-corrected chi connectivity index (χ0v) is 17.8. The number of benzene rings is 2. The van der Waals surface area contributed by atoms with Crippen molar-refractivity contribution in [1.29, 1.82) is 0 Å². The van der Waals surface area contributed by atoms with Gasteiger partial charge in [-0.2, -0.15) is 0 Å². The molecule has 0 aromatic heterocycles. The van der Waals surface area contributed by atoms with Crippen molar-refractivity contribution in [3.05, 3.63) is 71.8 Å². The Balaban J connectivity index is 1.68. The summed E-state index contributed by atoms with van der Waals surface area (Å²) in [6.07, 6.45) is 2.28. The Morgan fingerprint density at radius 2 is 1.81 bits per heavy atom. The number of anilines is 2. The van der Waals surface area contributed by atoms with Crippen LogP contribution >= 0.6 is 11.6 Å². The van der Waals surface area contributed by atoms with E-state index in [1.54, 1.807) is 35.2 Å². The standard InChI is InChI=1S/C24H22ClN3O3/c1-3-13-27-18-8-6-5-7-16(18)24(23(27)31)20-19(17(4-2)26-24)21(29)28(22(20)30)15-11-9-14(25)10-12-15/h3,5-12,17,19-20,26H,1,4,13H2,2H3/t17-,19+,20+,24+/m1/s1. The molecule has 2 aromatic carbocycles. The van der Waals surface area contributed by atoms with E-state index in [9.17, 15) is 14.4 Å². The predicted molar refractivity (Wildman–Crippen MR) is 119 cm³/mol. The van der Waals surface area contributed by atoms with Crippen LogP contribution in [0.1, 0.15) is 18.9 Å². The average Bonchev–Trinajstić information content (AvgIpc) is 3.34. The normalized spacial score (nSPS) is 29.1. The highest BCUT2D eigenvalue weighted by atomic mass is 35.5. The molecule has 6 nitrogen and oxygen atoms in total. The van der Waals surface area contributed by atoms with E-state index in [4.69, 9.17) is 11.6 Å². The maximum Gasteiger partial charge on any atom is 0.253 e. The number of fused-ring (bicyclic) bond motifs is 4. The minimum Gasteiger partial charge on any atom is -0.306 e. The first-order valence-electron chi connectivity index (χ1n) is 10.4. The number of amides is 3. The van der Waals surface area contributed by atoms with Crippen LogP contribution in [0.5, 0.6) is 0 Å². The van der Waals surface area contributed by atoms with E-state index in [0.717, 1.165) is 11.3 Å². The number of carbonyl (C=O) groups is 3. The molecule has 2 saturated heterocycles. The Morgan fingerprint density at radius 3 is 2.48 bits per heavy atom. The smallest absolute Gasteiger partial charge is 0.253 e. The summed E-state index contributed by atoms with van der Waals surface area (Å²) in [4.78, 5) is 44.0. The second kappa shape index (κ2) is 7.04. The molecule has 0 bridgehead atoms. The molecule has 3 heterocycles. The van der Waals surface area contributed by atoms with Crippen molar-refractivity contribution in [3.8, 4) is 0 Å². The molecule has 0 radical (unpaired) electrons. The van der Waals surface area contributed by atoms with Gasteiger partial charge in [0.15, 0.2) is 0 Å². The molecule has 1 N–H and O–H groups in total. The van der Waals surface area contributed by atoms with Gasteiger partial charge in [0, 0.05) is 28.9 Å². The molecule has 3 aliphatic rings. The van der Waals surface area contributed by atoms with Crippen LogP contribution in [0.2, 0.25) is 5.02 Å². The van der Waals surface area contributed by atoms with Gasteiger partial charge in [-0.3, -0.25) is 19.7 Å². The maximum atomic E-state index is 13.8. The molecule has 7 heteroatoms. The number of hydrogen-bond acceptors (Lipinski definition) is 4. The van der Waals surface area contributed by atoms with Crippen molar-refractivity contribution in [2.24, 2.45) is 11.8 Å². The Kier molecular flexibility index (Phi) is 4.53. The third-order valence-corrected chi connectivity index (χ3v) is 6.95. The Hall–Kier alpha value is -2.96. The summed E-state index contributed by atoms with van der Waals surface area (Å²) in [5.74, 6) is -2.28. The molecule has 1 spiro atoms. The van der Waals surface area contributed by atoms with Crippen molar-refractivity contribution in [2.45, 2.75) is 24.9 Å². The van der Waals surface area contributed by atoms with Crippen LogP contribution < -0.4 is 15.1 Å². The van der Waals surface area contributed by atoms with Crippen LogP contribution in [0.25, 0.3) is 0 Å². The van der Waals surface area contributed by atoms with Gasteiger partial charge in [-0.1, -0.05) is 42.8 Å². The molecule has 4 atom stereocenters. The molecule has 31 heavy (non-hydrogen) atoms. The number of halogens is 1. The highest BCUT2D eigenvalue weighted by molar-refractivity contribution is 6.31. The summed E-state index contributed by atoms with van der Waals surface area (Å²) in [5.41, 5.74) is 0.701. The van der Waals surface area contributed by atoms with E-state index in [1.165, 1.54) is 4.90 Å². The molecule has 2 aromatic rings. The number of para-hydroxylation sites is 1. The van der Waals surface area contributed by atoms with Crippen LogP contribution in [0.15, 0.2) is 61.2 Å². The summed E-state index contributed by atoms with van der Waals surface area (Å²) in [7, 11) is 0. The number of imide groups is 1. The van der Waals surface area contributed by atoms with Crippen LogP contribution in [-0.2, 0) is 19.9 Å². The first kappa shape index (κ1) is 20.0. The van der Waals surface area contributed by atoms with E-state index < -0.39 is 17.4 Å². The van der Waals surface area contributed by atoms with Crippen LogP contribution in [-0.4, -0.2) is 30.3 Å². The number of nitrogens with zero attached hydrogens (tertiary/aromatic N) is 2. The minimum atomic E-state index is -1.27. The molecule has 5 rings (SSSR count). The highest BCUT2D eigenvalue weighted by Crippen LogP contribution is 2.55. The zero-order chi connectivity index (χ0) is 21.9.